The van der Waals surface area contributed by atoms with E-state index < -0.39 is 4.92 Å². The minimum Gasteiger partial charge on any atom is -0.494 e. The largest absolute Gasteiger partial charge is 0.494 e. The van der Waals surface area contributed by atoms with Gasteiger partial charge in [0.25, 0.3) is 11.6 Å². The summed E-state index contributed by atoms with van der Waals surface area (Å²) in [5, 5.41) is 24.2. The number of hydrogen-bond acceptors (Lipinski definition) is 7. The predicted octanol–water partition coefficient (Wildman–Crippen LogP) is 7.39. The molecule has 0 aliphatic heterocycles. The Morgan fingerprint density at radius 2 is 1.72 bits per heavy atom. The van der Waals surface area contributed by atoms with Crippen molar-refractivity contribution in [2.45, 2.75) is 6.92 Å². The SMILES string of the molecule is COc1cc(Cl)c([N+](=O)[O-])cc1N=Nc1c(OC)c(C(=O)Nc2ccccc2C)cc2ccccc12. The molecule has 0 aliphatic carbocycles. The molecule has 0 aromatic heterocycles. The van der Waals surface area contributed by atoms with E-state index in [1.807, 2.05) is 49.4 Å². The quantitative estimate of drug-likeness (QED) is 0.160. The number of hydrogen-bond donors (Lipinski definition) is 1. The van der Waals surface area contributed by atoms with Crippen LogP contribution in [0, 0.1) is 17.0 Å². The predicted molar refractivity (Wildman–Crippen MR) is 138 cm³/mol. The average molecular weight is 505 g/mol. The molecule has 9 nitrogen and oxygen atoms in total. The van der Waals surface area contributed by atoms with Gasteiger partial charge in [0.15, 0.2) is 5.75 Å². The van der Waals surface area contributed by atoms with Crippen molar-refractivity contribution in [3.63, 3.8) is 0 Å². The molecule has 0 fully saturated rings. The maximum absolute atomic E-state index is 13.3. The van der Waals surface area contributed by atoms with Crippen LogP contribution >= 0.6 is 11.6 Å². The molecule has 10 heteroatoms. The number of para-hydroxylation sites is 1. The summed E-state index contributed by atoms with van der Waals surface area (Å²) in [5.74, 6) is 0.0140. The van der Waals surface area contributed by atoms with Crippen molar-refractivity contribution in [3.8, 4) is 11.5 Å². The number of nitrogens with one attached hydrogen (secondary N) is 1. The standard InChI is InChI=1S/C26H21ClN4O5/c1-15-8-4-7-11-20(15)28-26(32)18-12-16-9-5-6-10-17(16)24(25(18)36-3)30-29-21-14-22(31(33)34)19(27)13-23(21)35-2/h4-14H,1-3H3,(H,28,32). The van der Waals surface area contributed by atoms with E-state index in [9.17, 15) is 14.9 Å². The highest BCUT2D eigenvalue weighted by molar-refractivity contribution is 6.33. The van der Waals surface area contributed by atoms with Gasteiger partial charge in [-0.25, -0.2) is 0 Å². The maximum atomic E-state index is 13.3. The molecule has 0 atom stereocenters. The summed E-state index contributed by atoms with van der Waals surface area (Å²) in [6, 6.07) is 18.9. The third kappa shape index (κ3) is 4.82. The first-order valence-corrected chi connectivity index (χ1v) is 11.1. The number of anilines is 1. The Kier molecular flexibility index (Phi) is 7.12. The number of nitrogens with zero attached hydrogens (tertiary/aromatic N) is 3. The van der Waals surface area contributed by atoms with E-state index in [2.05, 4.69) is 15.5 Å². The Bertz CT molecular complexity index is 1520. The number of carbonyl (C=O) groups is 1. The van der Waals surface area contributed by atoms with Crippen molar-refractivity contribution >= 4 is 51.0 Å². The molecule has 36 heavy (non-hydrogen) atoms. The van der Waals surface area contributed by atoms with Gasteiger partial charge in [-0.1, -0.05) is 54.1 Å². The lowest BCUT2D eigenvalue weighted by Crippen LogP contribution is -2.14. The number of amides is 1. The second-order valence-corrected chi connectivity index (χ2v) is 8.14. The van der Waals surface area contributed by atoms with E-state index >= 15 is 0 Å². The molecule has 0 unspecified atom stereocenters. The molecule has 0 spiro atoms. The zero-order chi connectivity index (χ0) is 25.8. The molecule has 0 saturated heterocycles. The highest BCUT2D eigenvalue weighted by Gasteiger charge is 2.21. The highest BCUT2D eigenvalue weighted by atomic mass is 35.5. The molecular formula is C26H21ClN4O5. The number of methoxy groups -OCH3 is 2. The van der Waals surface area contributed by atoms with E-state index in [0.29, 0.717) is 11.1 Å². The molecule has 1 amide bonds. The molecule has 0 radical (unpaired) electrons. The molecule has 0 bridgehead atoms. The van der Waals surface area contributed by atoms with Gasteiger partial charge in [0.1, 0.15) is 22.1 Å². The zero-order valence-corrected chi connectivity index (χ0v) is 20.4. The number of benzene rings is 4. The van der Waals surface area contributed by atoms with Crippen LogP contribution < -0.4 is 14.8 Å². The van der Waals surface area contributed by atoms with Crippen molar-refractivity contribution in [2.75, 3.05) is 19.5 Å². The minimum absolute atomic E-state index is 0.0892. The molecule has 4 rings (SSSR count). The van der Waals surface area contributed by atoms with Crippen molar-refractivity contribution in [2.24, 2.45) is 10.2 Å². The van der Waals surface area contributed by atoms with Crippen LogP contribution in [-0.2, 0) is 0 Å². The van der Waals surface area contributed by atoms with Gasteiger partial charge in [0.05, 0.1) is 24.7 Å². The highest BCUT2D eigenvalue weighted by Crippen LogP contribution is 2.43. The number of carbonyl (C=O) groups excluding carboxylic acids is 1. The topological polar surface area (TPSA) is 115 Å². The average Bonchev–Trinajstić information content (AvgIpc) is 2.88. The van der Waals surface area contributed by atoms with Crippen molar-refractivity contribution in [1.29, 1.82) is 0 Å². The van der Waals surface area contributed by atoms with Crippen LogP contribution in [0.15, 0.2) is 77.0 Å². The van der Waals surface area contributed by atoms with Gasteiger partial charge in [-0.2, -0.15) is 0 Å². The summed E-state index contributed by atoms with van der Waals surface area (Å²) in [4.78, 5) is 24.0. The van der Waals surface area contributed by atoms with E-state index in [4.69, 9.17) is 21.1 Å². The van der Waals surface area contributed by atoms with Gasteiger partial charge in [0, 0.05) is 23.2 Å². The van der Waals surface area contributed by atoms with Crippen LogP contribution in [0.25, 0.3) is 10.8 Å². The van der Waals surface area contributed by atoms with E-state index in [0.717, 1.165) is 10.9 Å². The maximum Gasteiger partial charge on any atom is 0.290 e. The Balaban J connectivity index is 1.86. The van der Waals surface area contributed by atoms with Crippen LogP contribution in [0.5, 0.6) is 11.5 Å². The number of nitro benzene ring substituents is 1. The summed E-state index contributed by atoms with van der Waals surface area (Å²) in [6.45, 7) is 1.89. The number of nitro groups is 1. The summed E-state index contributed by atoms with van der Waals surface area (Å²) >= 11 is 5.99. The van der Waals surface area contributed by atoms with Gasteiger partial charge in [0.2, 0.25) is 0 Å². The summed E-state index contributed by atoms with van der Waals surface area (Å²) in [6.07, 6.45) is 0. The number of fused-ring (bicyclic) bond motifs is 1. The van der Waals surface area contributed by atoms with Crippen molar-refractivity contribution in [1.82, 2.24) is 0 Å². The lowest BCUT2D eigenvalue weighted by molar-refractivity contribution is -0.384. The zero-order valence-electron chi connectivity index (χ0n) is 19.6. The third-order valence-electron chi connectivity index (χ3n) is 5.52. The molecule has 0 aliphatic rings. The van der Waals surface area contributed by atoms with E-state index in [-0.39, 0.29) is 45.1 Å². The van der Waals surface area contributed by atoms with Gasteiger partial charge in [-0.05, 0) is 30.0 Å². The van der Waals surface area contributed by atoms with Crippen LogP contribution in [0.2, 0.25) is 5.02 Å². The van der Waals surface area contributed by atoms with Crippen molar-refractivity contribution in [3.05, 3.63) is 93.0 Å². The molecule has 1 N–H and O–H groups in total. The van der Waals surface area contributed by atoms with Gasteiger partial charge in [-0.15, -0.1) is 10.2 Å². The second kappa shape index (κ2) is 10.4. The van der Waals surface area contributed by atoms with Crippen LogP contribution in [0.1, 0.15) is 15.9 Å². The van der Waals surface area contributed by atoms with Gasteiger partial charge in [-0.3, -0.25) is 14.9 Å². The Labute approximate surface area is 211 Å². The lowest BCUT2D eigenvalue weighted by Gasteiger charge is -2.15. The number of azo groups is 1. The smallest absolute Gasteiger partial charge is 0.290 e. The molecule has 182 valence electrons. The normalized spacial score (nSPS) is 11.0. The molecule has 0 heterocycles. The molecule has 0 saturated carbocycles. The van der Waals surface area contributed by atoms with E-state index in [1.165, 1.54) is 26.4 Å². The van der Waals surface area contributed by atoms with Gasteiger partial charge >= 0.3 is 0 Å². The van der Waals surface area contributed by atoms with Crippen LogP contribution in [0.3, 0.4) is 0 Å². The third-order valence-corrected chi connectivity index (χ3v) is 5.82. The monoisotopic (exact) mass is 504 g/mol. The minimum atomic E-state index is -0.618. The Morgan fingerprint density at radius 1 is 1.00 bits per heavy atom. The first-order chi connectivity index (χ1) is 17.3. The lowest BCUT2D eigenvalue weighted by atomic mass is 10.0. The Hall–Kier alpha value is -4.50. The molecule has 4 aromatic rings. The second-order valence-electron chi connectivity index (χ2n) is 7.73. The van der Waals surface area contributed by atoms with Crippen molar-refractivity contribution < 1.29 is 19.2 Å². The number of halogens is 1. The van der Waals surface area contributed by atoms with Crippen LogP contribution in [0.4, 0.5) is 22.7 Å². The molecular weight excluding hydrogens is 484 g/mol. The van der Waals surface area contributed by atoms with Crippen LogP contribution in [-0.4, -0.2) is 25.1 Å². The Morgan fingerprint density at radius 3 is 2.42 bits per heavy atom. The molecule has 4 aromatic carbocycles. The fourth-order valence-electron chi connectivity index (χ4n) is 3.70. The first kappa shape index (κ1) is 24.6. The first-order valence-electron chi connectivity index (χ1n) is 10.7. The number of aryl methyl sites for hydroxylation is 1. The number of rotatable bonds is 7. The fraction of sp³-hybridized carbons (Fsp3) is 0.115. The van der Waals surface area contributed by atoms with Gasteiger partial charge < -0.3 is 14.8 Å². The fourth-order valence-corrected chi connectivity index (χ4v) is 3.93. The van der Waals surface area contributed by atoms with E-state index in [1.54, 1.807) is 12.1 Å². The number of ether oxygens (including phenoxy) is 2. The summed E-state index contributed by atoms with van der Waals surface area (Å²) in [7, 11) is 2.82. The summed E-state index contributed by atoms with van der Waals surface area (Å²) < 4.78 is 10.9. The summed E-state index contributed by atoms with van der Waals surface area (Å²) in [5.41, 5.74) is 1.86.